The van der Waals surface area contributed by atoms with Gasteiger partial charge in [0, 0.05) is 5.92 Å². The quantitative estimate of drug-likeness (QED) is 0.546. The second-order valence-corrected chi connectivity index (χ2v) is 3.71. The van der Waals surface area contributed by atoms with Gasteiger partial charge in [-0.1, -0.05) is 6.42 Å². The van der Waals surface area contributed by atoms with Crippen LogP contribution in [0.4, 0.5) is 13.2 Å². The van der Waals surface area contributed by atoms with E-state index >= 15 is 0 Å². The highest BCUT2D eigenvalue weighted by molar-refractivity contribution is 5.98. The topological polar surface area (TPSA) is 17.1 Å². The first-order valence-corrected chi connectivity index (χ1v) is 4.79. The molecule has 1 aliphatic rings. The molecule has 0 atom stereocenters. The first-order valence-electron chi connectivity index (χ1n) is 4.79. The molecule has 0 saturated heterocycles. The number of carbonyl (C=O) groups excluding carboxylic acids is 1. The third kappa shape index (κ3) is 1.64. The number of benzene rings is 1. The molecule has 1 saturated carbocycles. The fourth-order valence-corrected chi connectivity index (χ4v) is 1.61. The maximum absolute atomic E-state index is 13.2. The Bertz CT molecular complexity index is 411. The number of hydrogen-bond donors (Lipinski definition) is 0. The van der Waals surface area contributed by atoms with Crippen LogP contribution >= 0.6 is 0 Å². The average molecular weight is 214 g/mol. The Morgan fingerprint density at radius 3 is 2.33 bits per heavy atom. The van der Waals surface area contributed by atoms with Crippen LogP contribution in [-0.2, 0) is 0 Å². The van der Waals surface area contributed by atoms with E-state index in [1.807, 2.05) is 0 Å². The summed E-state index contributed by atoms with van der Waals surface area (Å²) in [4.78, 5) is 11.6. The lowest BCUT2D eigenvalue weighted by molar-refractivity contribution is 0.0849. The first kappa shape index (κ1) is 10.2. The van der Waals surface area contributed by atoms with E-state index in [-0.39, 0.29) is 11.5 Å². The summed E-state index contributed by atoms with van der Waals surface area (Å²) in [6, 6.07) is 1.79. The van der Waals surface area contributed by atoms with Crippen molar-refractivity contribution in [3.8, 4) is 0 Å². The molecule has 80 valence electrons. The predicted octanol–water partition coefficient (Wildman–Crippen LogP) is 3.09. The molecule has 1 nitrogen and oxygen atoms in total. The molecule has 1 aliphatic carbocycles. The summed E-state index contributed by atoms with van der Waals surface area (Å²) < 4.78 is 38.6. The van der Waals surface area contributed by atoms with Gasteiger partial charge in [0.15, 0.2) is 23.2 Å². The zero-order valence-electron chi connectivity index (χ0n) is 7.90. The first-order chi connectivity index (χ1) is 7.11. The highest BCUT2D eigenvalue weighted by atomic mass is 19.2. The van der Waals surface area contributed by atoms with Gasteiger partial charge in [-0.15, -0.1) is 0 Å². The SMILES string of the molecule is O=C(c1ccc(F)c(F)c1F)C1CCC1. The molecule has 4 heteroatoms. The standard InChI is InChI=1S/C11H9F3O/c12-8-5-4-7(9(13)10(8)14)11(15)6-2-1-3-6/h4-6H,1-3H2. The van der Waals surface area contributed by atoms with E-state index in [1.165, 1.54) is 0 Å². The van der Waals surface area contributed by atoms with Gasteiger partial charge in [-0.25, -0.2) is 13.2 Å². The summed E-state index contributed by atoms with van der Waals surface area (Å²) in [7, 11) is 0. The Balaban J connectivity index is 2.35. The number of halogens is 3. The molecule has 0 unspecified atom stereocenters. The number of ketones is 1. The van der Waals surface area contributed by atoms with Crippen LogP contribution < -0.4 is 0 Å². The van der Waals surface area contributed by atoms with Gasteiger partial charge in [0.2, 0.25) is 0 Å². The Kier molecular flexibility index (Phi) is 2.50. The molecule has 15 heavy (non-hydrogen) atoms. The fourth-order valence-electron chi connectivity index (χ4n) is 1.61. The zero-order valence-corrected chi connectivity index (χ0v) is 7.90. The lowest BCUT2D eigenvalue weighted by Crippen LogP contribution is -2.23. The molecule has 0 bridgehead atoms. The lowest BCUT2D eigenvalue weighted by Gasteiger charge is -2.23. The van der Waals surface area contributed by atoms with Crippen molar-refractivity contribution in [2.75, 3.05) is 0 Å². The Morgan fingerprint density at radius 2 is 1.80 bits per heavy atom. The summed E-state index contributed by atoms with van der Waals surface area (Å²) >= 11 is 0. The van der Waals surface area contributed by atoms with Gasteiger partial charge in [-0.3, -0.25) is 4.79 Å². The van der Waals surface area contributed by atoms with Crippen LogP contribution in [-0.4, -0.2) is 5.78 Å². The number of carbonyl (C=O) groups is 1. The molecule has 0 amide bonds. The van der Waals surface area contributed by atoms with E-state index in [2.05, 4.69) is 0 Å². The van der Waals surface area contributed by atoms with Gasteiger partial charge in [0.05, 0.1) is 5.56 Å². The third-order valence-electron chi connectivity index (χ3n) is 2.78. The predicted molar refractivity (Wildman–Crippen MR) is 48.0 cm³/mol. The van der Waals surface area contributed by atoms with Crippen LogP contribution in [0.3, 0.4) is 0 Å². The maximum atomic E-state index is 13.2. The van der Waals surface area contributed by atoms with Gasteiger partial charge < -0.3 is 0 Å². The average Bonchev–Trinajstić information content (AvgIpc) is 2.11. The van der Waals surface area contributed by atoms with E-state index in [1.54, 1.807) is 0 Å². The normalized spacial score (nSPS) is 16.2. The van der Waals surface area contributed by atoms with Gasteiger partial charge in [0.25, 0.3) is 0 Å². The van der Waals surface area contributed by atoms with Crippen molar-refractivity contribution in [1.82, 2.24) is 0 Å². The van der Waals surface area contributed by atoms with E-state index < -0.39 is 23.2 Å². The Morgan fingerprint density at radius 1 is 1.13 bits per heavy atom. The van der Waals surface area contributed by atoms with Gasteiger partial charge in [0.1, 0.15) is 0 Å². The fraction of sp³-hybridized carbons (Fsp3) is 0.364. The molecule has 1 aromatic rings. The van der Waals surface area contributed by atoms with Crippen LogP contribution in [0.25, 0.3) is 0 Å². The summed E-state index contributed by atoms with van der Waals surface area (Å²) in [6.45, 7) is 0. The lowest BCUT2D eigenvalue weighted by atomic mass is 9.80. The van der Waals surface area contributed by atoms with Crippen LogP contribution in [0.5, 0.6) is 0 Å². The molecular weight excluding hydrogens is 205 g/mol. The third-order valence-corrected chi connectivity index (χ3v) is 2.78. The summed E-state index contributed by atoms with van der Waals surface area (Å²) in [5.74, 6) is -4.84. The summed E-state index contributed by atoms with van der Waals surface area (Å²) in [5.41, 5.74) is -0.335. The van der Waals surface area contributed by atoms with Gasteiger partial charge in [-0.05, 0) is 25.0 Å². The smallest absolute Gasteiger partial charge is 0.195 e. The van der Waals surface area contributed by atoms with Gasteiger partial charge >= 0.3 is 0 Å². The molecule has 0 heterocycles. The molecular formula is C11H9F3O. The Hall–Kier alpha value is -1.32. The van der Waals surface area contributed by atoms with Crippen molar-refractivity contribution >= 4 is 5.78 Å². The van der Waals surface area contributed by atoms with Crippen molar-refractivity contribution in [3.63, 3.8) is 0 Å². The molecule has 1 aromatic carbocycles. The zero-order chi connectivity index (χ0) is 11.0. The van der Waals surface area contributed by atoms with Gasteiger partial charge in [-0.2, -0.15) is 0 Å². The monoisotopic (exact) mass is 214 g/mol. The molecule has 0 spiro atoms. The van der Waals surface area contributed by atoms with E-state index in [4.69, 9.17) is 0 Å². The van der Waals surface area contributed by atoms with Crippen molar-refractivity contribution in [2.24, 2.45) is 5.92 Å². The van der Waals surface area contributed by atoms with Crippen LogP contribution in [0, 0.1) is 23.4 Å². The molecule has 0 aliphatic heterocycles. The van der Waals surface area contributed by atoms with E-state index in [0.717, 1.165) is 18.6 Å². The van der Waals surface area contributed by atoms with Crippen LogP contribution in [0.15, 0.2) is 12.1 Å². The number of hydrogen-bond acceptors (Lipinski definition) is 1. The number of rotatable bonds is 2. The second-order valence-electron chi connectivity index (χ2n) is 3.71. The van der Waals surface area contributed by atoms with Crippen molar-refractivity contribution in [3.05, 3.63) is 35.1 Å². The highest BCUT2D eigenvalue weighted by Gasteiger charge is 2.29. The van der Waals surface area contributed by atoms with Crippen molar-refractivity contribution < 1.29 is 18.0 Å². The Labute approximate surface area is 84.9 Å². The van der Waals surface area contributed by atoms with Crippen molar-refractivity contribution in [2.45, 2.75) is 19.3 Å². The van der Waals surface area contributed by atoms with Crippen LogP contribution in [0.2, 0.25) is 0 Å². The van der Waals surface area contributed by atoms with E-state index in [9.17, 15) is 18.0 Å². The van der Waals surface area contributed by atoms with Crippen molar-refractivity contribution in [1.29, 1.82) is 0 Å². The molecule has 0 N–H and O–H groups in total. The van der Waals surface area contributed by atoms with E-state index in [0.29, 0.717) is 12.8 Å². The minimum Gasteiger partial charge on any atom is -0.294 e. The molecule has 0 radical (unpaired) electrons. The summed E-state index contributed by atoms with van der Waals surface area (Å²) in [6.07, 6.45) is 2.34. The minimum absolute atomic E-state index is 0.218. The molecule has 1 fully saturated rings. The van der Waals surface area contributed by atoms with Crippen LogP contribution in [0.1, 0.15) is 29.6 Å². The largest absolute Gasteiger partial charge is 0.294 e. The summed E-state index contributed by atoms with van der Waals surface area (Å²) in [5, 5.41) is 0. The minimum atomic E-state index is -1.57. The maximum Gasteiger partial charge on any atom is 0.195 e. The second kappa shape index (κ2) is 3.68. The highest BCUT2D eigenvalue weighted by Crippen LogP contribution is 2.31. The molecule has 0 aromatic heterocycles. The number of Topliss-reactive ketones (excluding diaryl/α,β-unsaturated/α-hetero) is 1. The molecule has 2 rings (SSSR count).